The van der Waals surface area contributed by atoms with Crippen molar-refractivity contribution in [2.24, 2.45) is 11.8 Å². The monoisotopic (exact) mass is 531 g/mol. The molecular weight excluding hydrogens is 490 g/mol. The summed E-state index contributed by atoms with van der Waals surface area (Å²) in [4.78, 5) is 57.4. The zero-order valence-electron chi connectivity index (χ0n) is 22.8. The SMILES string of the molecule is CCCC(C)N1CC=C[C@]23O[C@@H]4/C=C\CCC(=O)NC[C@@H](C)OC(=O)[C@@H]4[C@H]2C(=O)N([C@@H](CC)CO)[C@@H]3C1=O. The topological polar surface area (TPSA) is 125 Å². The molecule has 0 saturated carbocycles. The van der Waals surface area contributed by atoms with Crippen molar-refractivity contribution in [3.05, 3.63) is 24.3 Å². The third-order valence-electron chi connectivity index (χ3n) is 8.32. The molecule has 3 amide bonds. The molecule has 4 aliphatic rings. The van der Waals surface area contributed by atoms with Crippen LogP contribution in [0.3, 0.4) is 0 Å². The Hall–Kier alpha value is -2.72. The number of hydrogen-bond acceptors (Lipinski definition) is 7. The van der Waals surface area contributed by atoms with Crippen LogP contribution in [0.5, 0.6) is 0 Å². The van der Waals surface area contributed by atoms with Crippen molar-refractivity contribution in [1.82, 2.24) is 15.1 Å². The maximum atomic E-state index is 14.2. The van der Waals surface area contributed by atoms with Gasteiger partial charge in [0.05, 0.1) is 31.2 Å². The van der Waals surface area contributed by atoms with Gasteiger partial charge in [-0.15, -0.1) is 0 Å². The average molecular weight is 532 g/mol. The number of rotatable bonds is 6. The predicted molar refractivity (Wildman–Crippen MR) is 139 cm³/mol. The van der Waals surface area contributed by atoms with E-state index in [4.69, 9.17) is 9.47 Å². The first kappa shape index (κ1) is 28.3. The van der Waals surface area contributed by atoms with Crippen LogP contribution in [-0.4, -0.2) is 94.2 Å². The van der Waals surface area contributed by atoms with Gasteiger partial charge in [0.1, 0.15) is 23.7 Å². The molecule has 210 valence electrons. The highest BCUT2D eigenvalue weighted by Crippen LogP contribution is 2.53. The fraction of sp³-hybridized carbons (Fsp3) is 0.714. The molecule has 2 saturated heterocycles. The zero-order chi connectivity index (χ0) is 27.6. The molecule has 0 aromatic rings. The van der Waals surface area contributed by atoms with Crippen molar-refractivity contribution < 1.29 is 33.8 Å². The van der Waals surface area contributed by atoms with Gasteiger partial charge in [-0.2, -0.15) is 0 Å². The van der Waals surface area contributed by atoms with E-state index in [0.29, 0.717) is 19.4 Å². The van der Waals surface area contributed by atoms with Gasteiger partial charge < -0.3 is 29.7 Å². The molecule has 0 bridgehead atoms. The number of cyclic esters (lactones) is 1. The molecule has 2 fully saturated rings. The summed E-state index contributed by atoms with van der Waals surface area (Å²) in [7, 11) is 0. The first-order valence-corrected chi connectivity index (χ1v) is 13.9. The molecule has 1 spiro atoms. The predicted octanol–water partition coefficient (Wildman–Crippen LogP) is 1.32. The number of aliphatic hydroxyl groups excluding tert-OH is 1. The van der Waals surface area contributed by atoms with Crippen molar-refractivity contribution in [3.63, 3.8) is 0 Å². The molecule has 38 heavy (non-hydrogen) atoms. The van der Waals surface area contributed by atoms with E-state index in [0.717, 1.165) is 12.8 Å². The molecule has 4 aliphatic heterocycles. The van der Waals surface area contributed by atoms with E-state index in [-0.39, 0.29) is 43.3 Å². The zero-order valence-corrected chi connectivity index (χ0v) is 22.8. The Bertz CT molecular complexity index is 993. The van der Waals surface area contributed by atoms with E-state index in [1.54, 1.807) is 30.1 Å². The third kappa shape index (κ3) is 4.88. The van der Waals surface area contributed by atoms with Crippen LogP contribution < -0.4 is 5.32 Å². The molecular formula is C28H41N3O7. The standard InChI is InChI=1S/C28H41N3O7/c1-5-10-17(3)30-14-9-13-28-23(25(34)31(19(6-2)16-32)24(28)26(30)35)22-20(38-28)11-7-8-12-21(33)29-15-18(4)37-27(22)36/h7,9,11,13,17-20,22-24,32H,5-6,8,10,12,14-16H2,1-4H3,(H,29,33)/b11-7-/t17?,18-,19+,20-,22+,23+,24-,28+/m1/s1. The Morgan fingerprint density at radius 1 is 1.18 bits per heavy atom. The smallest absolute Gasteiger partial charge is 0.313 e. The summed E-state index contributed by atoms with van der Waals surface area (Å²) >= 11 is 0. The Balaban J connectivity index is 1.82. The molecule has 0 radical (unpaired) electrons. The number of hydrogen-bond donors (Lipinski definition) is 2. The average Bonchev–Trinajstić information content (AvgIpc) is 3.26. The molecule has 2 N–H and O–H groups in total. The van der Waals surface area contributed by atoms with E-state index >= 15 is 0 Å². The normalized spacial score (nSPS) is 36.2. The fourth-order valence-corrected chi connectivity index (χ4v) is 6.40. The van der Waals surface area contributed by atoms with Gasteiger partial charge in [-0.05, 0) is 33.1 Å². The van der Waals surface area contributed by atoms with Crippen LogP contribution in [-0.2, 0) is 28.7 Å². The van der Waals surface area contributed by atoms with Crippen LogP contribution in [0, 0.1) is 11.8 Å². The van der Waals surface area contributed by atoms with Crippen molar-refractivity contribution in [1.29, 1.82) is 0 Å². The number of fused-ring (bicyclic) bond motifs is 2. The summed E-state index contributed by atoms with van der Waals surface area (Å²) in [5.41, 5.74) is -1.38. The van der Waals surface area contributed by atoms with Crippen LogP contribution in [0.15, 0.2) is 24.3 Å². The van der Waals surface area contributed by atoms with Crippen molar-refractivity contribution in [3.8, 4) is 0 Å². The summed E-state index contributed by atoms with van der Waals surface area (Å²) in [6.45, 7) is 7.82. The quantitative estimate of drug-likeness (QED) is 0.391. The van der Waals surface area contributed by atoms with Gasteiger partial charge in [0, 0.05) is 19.0 Å². The lowest BCUT2D eigenvalue weighted by molar-refractivity contribution is -0.160. The lowest BCUT2D eigenvalue weighted by atomic mass is 9.78. The second kappa shape index (κ2) is 11.6. The van der Waals surface area contributed by atoms with E-state index in [9.17, 15) is 24.3 Å². The van der Waals surface area contributed by atoms with Crippen LogP contribution >= 0.6 is 0 Å². The Morgan fingerprint density at radius 3 is 2.63 bits per heavy atom. The van der Waals surface area contributed by atoms with E-state index in [1.165, 1.54) is 4.90 Å². The molecule has 8 atom stereocenters. The number of amides is 3. The summed E-state index contributed by atoms with van der Waals surface area (Å²) in [5.74, 6) is -3.33. The number of aliphatic hydroxyl groups is 1. The second-order valence-electron chi connectivity index (χ2n) is 10.9. The number of carbonyl (C=O) groups is 4. The van der Waals surface area contributed by atoms with Gasteiger partial charge in [0.15, 0.2) is 0 Å². The number of esters is 1. The van der Waals surface area contributed by atoms with Crippen molar-refractivity contribution >= 4 is 23.7 Å². The second-order valence-corrected chi connectivity index (χ2v) is 10.9. The van der Waals surface area contributed by atoms with E-state index < -0.39 is 47.7 Å². The molecule has 4 heterocycles. The van der Waals surface area contributed by atoms with Gasteiger partial charge in [-0.25, -0.2) is 0 Å². The number of nitrogens with one attached hydrogen (secondary N) is 1. The highest BCUT2D eigenvalue weighted by molar-refractivity contribution is 5.99. The van der Waals surface area contributed by atoms with Gasteiger partial charge in [0.25, 0.3) is 0 Å². The first-order chi connectivity index (χ1) is 18.2. The number of nitrogens with zero attached hydrogens (tertiary/aromatic N) is 2. The maximum Gasteiger partial charge on any atom is 0.313 e. The van der Waals surface area contributed by atoms with Crippen LogP contribution in [0.1, 0.15) is 59.8 Å². The van der Waals surface area contributed by atoms with Gasteiger partial charge in [-0.3, -0.25) is 19.2 Å². The van der Waals surface area contributed by atoms with Crippen molar-refractivity contribution in [2.45, 2.75) is 95.7 Å². The first-order valence-electron chi connectivity index (χ1n) is 13.9. The lowest BCUT2D eigenvalue weighted by Gasteiger charge is -2.39. The molecule has 4 rings (SSSR count). The minimum atomic E-state index is -1.38. The number of ether oxygens (including phenoxy) is 2. The number of likely N-dealkylation sites (tertiary alicyclic amines) is 1. The van der Waals surface area contributed by atoms with Crippen LogP contribution in [0.25, 0.3) is 0 Å². The van der Waals surface area contributed by atoms with Gasteiger partial charge in [-0.1, -0.05) is 44.6 Å². The number of allylic oxidation sites excluding steroid dienone is 1. The number of carbonyl (C=O) groups excluding carboxylic acids is 4. The van der Waals surface area contributed by atoms with Gasteiger partial charge in [0.2, 0.25) is 17.7 Å². The van der Waals surface area contributed by atoms with Gasteiger partial charge >= 0.3 is 5.97 Å². The highest BCUT2D eigenvalue weighted by Gasteiger charge is 2.72. The minimum Gasteiger partial charge on any atom is -0.460 e. The Labute approximate surface area is 224 Å². The Kier molecular flexibility index (Phi) is 8.62. The maximum absolute atomic E-state index is 14.2. The summed E-state index contributed by atoms with van der Waals surface area (Å²) < 4.78 is 12.3. The van der Waals surface area contributed by atoms with E-state index in [1.807, 2.05) is 19.9 Å². The largest absolute Gasteiger partial charge is 0.460 e. The minimum absolute atomic E-state index is 0.0529. The van der Waals surface area contributed by atoms with Crippen LogP contribution in [0.2, 0.25) is 0 Å². The summed E-state index contributed by atoms with van der Waals surface area (Å²) in [6.07, 6.45) is 8.62. The molecule has 0 aromatic carbocycles. The molecule has 0 aromatic heterocycles. The molecule has 1 unspecified atom stereocenters. The third-order valence-corrected chi connectivity index (χ3v) is 8.32. The fourth-order valence-electron chi connectivity index (χ4n) is 6.40. The van der Waals surface area contributed by atoms with Crippen molar-refractivity contribution in [2.75, 3.05) is 19.7 Å². The molecule has 10 heteroatoms. The Morgan fingerprint density at radius 2 is 1.95 bits per heavy atom. The lowest BCUT2D eigenvalue weighted by Crippen LogP contribution is -2.59. The summed E-state index contributed by atoms with van der Waals surface area (Å²) in [6, 6.07) is -1.66. The summed E-state index contributed by atoms with van der Waals surface area (Å²) in [5, 5.41) is 13.0. The highest BCUT2D eigenvalue weighted by atomic mass is 16.6. The van der Waals surface area contributed by atoms with Crippen LogP contribution in [0.4, 0.5) is 0 Å². The molecule has 0 aliphatic carbocycles. The van der Waals surface area contributed by atoms with E-state index in [2.05, 4.69) is 12.2 Å². The molecule has 10 nitrogen and oxygen atoms in total.